The summed E-state index contributed by atoms with van der Waals surface area (Å²) in [6.07, 6.45) is 0. The van der Waals surface area contributed by atoms with Crippen molar-refractivity contribution >= 4 is 35.0 Å². The lowest BCUT2D eigenvalue weighted by Crippen LogP contribution is -2.15. The summed E-state index contributed by atoms with van der Waals surface area (Å²) >= 11 is 1.03. The summed E-state index contributed by atoms with van der Waals surface area (Å²) in [4.78, 5) is 24.7. The van der Waals surface area contributed by atoms with E-state index in [1.165, 1.54) is 12.1 Å². The number of anilines is 2. The number of halogens is 1. The van der Waals surface area contributed by atoms with Gasteiger partial charge in [0.05, 0.1) is 17.9 Å². The van der Waals surface area contributed by atoms with Crippen LogP contribution < -0.4 is 15.4 Å². The van der Waals surface area contributed by atoms with Crippen LogP contribution in [0.5, 0.6) is 5.75 Å². The lowest BCUT2D eigenvalue weighted by molar-refractivity contribution is -0.113. The SMILES string of the molecule is CCOc1ccc(NC(=O)c2ccc(NC(=O)CSc3nnc(-c4ccccc4F)o3)cc2)cc1. The smallest absolute Gasteiger partial charge is 0.277 e. The molecule has 0 unspecified atom stereocenters. The highest BCUT2D eigenvalue weighted by molar-refractivity contribution is 7.99. The Morgan fingerprint density at radius 2 is 1.63 bits per heavy atom. The first kappa shape index (κ1) is 24.0. The largest absolute Gasteiger partial charge is 0.494 e. The van der Waals surface area contributed by atoms with Gasteiger partial charge in [-0.25, -0.2) is 4.39 Å². The number of rotatable bonds is 9. The topological polar surface area (TPSA) is 106 Å². The van der Waals surface area contributed by atoms with Gasteiger partial charge in [0.15, 0.2) is 0 Å². The number of aromatic nitrogens is 2. The Balaban J connectivity index is 1.27. The van der Waals surface area contributed by atoms with Crippen molar-refractivity contribution in [2.75, 3.05) is 23.0 Å². The maximum absolute atomic E-state index is 13.8. The zero-order chi connectivity index (χ0) is 24.6. The summed E-state index contributed by atoms with van der Waals surface area (Å²) in [5, 5.41) is 13.4. The Morgan fingerprint density at radius 1 is 0.943 bits per heavy atom. The van der Waals surface area contributed by atoms with Crippen LogP contribution in [0.1, 0.15) is 17.3 Å². The molecule has 1 heterocycles. The Hall–Kier alpha value is -4.18. The van der Waals surface area contributed by atoms with Gasteiger partial charge in [-0.2, -0.15) is 0 Å². The second-order valence-electron chi connectivity index (χ2n) is 7.18. The van der Waals surface area contributed by atoms with E-state index in [-0.39, 0.29) is 34.2 Å². The van der Waals surface area contributed by atoms with Crippen LogP contribution in [0.15, 0.2) is 82.4 Å². The fourth-order valence-electron chi connectivity index (χ4n) is 3.05. The van der Waals surface area contributed by atoms with Gasteiger partial charge in [-0.3, -0.25) is 9.59 Å². The van der Waals surface area contributed by atoms with E-state index in [0.29, 0.717) is 23.5 Å². The molecule has 2 amide bonds. The third kappa shape index (κ3) is 6.45. The third-order valence-electron chi connectivity index (χ3n) is 4.69. The van der Waals surface area contributed by atoms with Crippen molar-refractivity contribution in [1.29, 1.82) is 0 Å². The molecule has 0 aliphatic heterocycles. The van der Waals surface area contributed by atoms with Crippen molar-refractivity contribution in [3.05, 3.63) is 84.2 Å². The average Bonchev–Trinajstić information content (AvgIpc) is 3.34. The lowest BCUT2D eigenvalue weighted by Gasteiger charge is -2.08. The molecule has 35 heavy (non-hydrogen) atoms. The van der Waals surface area contributed by atoms with E-state index in [0.717, 1.165) is 17.5 Å². The number of amides is 2. The second kappa shape index (κ2) is 11.3. The quantitative estimate of drug-likeness (QED) is 0.307. The van der Waals surface area contributed by atoms with Gasteiger partial charge in [-0.05, 0) is 67.6 Å². The normalized spacial score (nSPS) is 10.6. The first-order chi connectivity index (χ1) is 17.0. The fourth-order valence-corrected chi connectivity index (χ4v) is 3.61. The summed E-state index contributed by atoms with van der Waals surface area (Å²) in [5.41, 5.74) is 1.82. The van der Waals surface area contributed by atoms with E-state index < -0.39 is 5.82 Å². The molecular weight excluding hydrogens is 471 g/mol. The number of thioether (sulfide) groups is 1. The van der Waals surface area contributed by atoms with Crippen molar-refractivity contribution in [3.8, 4) is 17.2 Å². The van der Waals surface area contributed by atoms with Gasteiger partial charge < -0.3 is 19.8 Å². The third-order valence-corrected chi connectivity index (χ3v) is 5.51. The lowest BCUT2D eigenvalue weighted by atomic mass is 10.2. The van der Waals surface area contributed by atoms with Crippen LogP contribution in [0.4, 0.5) is 15.8 Å². The van der Waals surface area contributed by atoms with Gasteiger partial charge in [-0.15, -0.1) is 10.2 Å². The number of ether oxygens (including phenoxy) is 1. The average molecular weight is 493 g/mol. The molecule has 3 aromatic carbocycles. The van der Waals surface area contributed by atoms with E-state index in [9.17, 15) is 14.0 Å². The van der Waals surface area contributed by atoms with Crippen molar-refractivity contribution in [1.82, 2.24) is 10.2 Å². The molecule has 0 spiro atoms. The van der Waals surface area contributed by atoms with Gasteiger partial charge in [0.1, 0.15) is 11.6 Å². The molecule has 8 nitrogen and oxygen atoms in total. The molecule has 0 aliphatic rings. The number of nitrogens with zero attached hydrogens (tertiary/aromatic N) is 2. The molecule has 0 radical (unpaired) electrons. The number of carbonyl (C=O) groups is 2. The van der Waals surface area contributed by atoms with E-state index in [1.807, 2.05) is 6.92 Å². The van der Waals surface area contributed by atoms with Crippen molar-refractivity contribution in [2.24, 2.45) is 0 Å². The Labute approximate surface area is 204 Å². The van der Waals surface area contributed by atoms with Gasteiger partial charge in [0, 0.05) is 16.9 Å². The Kier molecular flexibility index (Phi) is 7.74. The fraction of sp³-hybridized carbons (Fsp3) is 0.120. The number of benzene rings is 3. The molecule has 0 atom stereocenters. The van der Waals surface area contributed by atoms with Crippen LogP contribution in [-0.4, -0.2) is 34.4 Å². The van der Waals surface area contributed by atoms with E-state index in [1.54, 1.807) is 60.7 Å². The van der Waals surface area contributed by atoms with E-state index >= 15 is 0 Å². The van der Waals surface area contributed by atoms with Crippen LogP contribution >= 0.6 is 11.8 Å². The molecule has 2 N–H and O–H groups in total. The highest BCUT2D eigenvalue weighted by Gasteiger charge is 2.14. The van der Waals surface area contributed by atoms with E-state index in [2.05, 4.69) is 20.8 Å². The number of nitrogens with one attached hydrogen (secondary N) is 2. The van der Waals surface area contributed by atoms with Crippen LogP contribution in [0, 0.1) is 5.82 Å². The summed E-state index contributed by atoms with van der Waals surface area (Å²) in [5.74, 6) is -0.254. The van der Waals surface area contributed by atoms with Crippen molar-refractivity contribution in [3.63, 3.8) is 0 Å². The second-order valence-corrected chi connectivity index (χ2v) is 8.11. The van der Waals surface area contributed by atoms with Crippen molar-refractivity contribution < 1.29 is 23.1 Å². The minimum Gasteiger partial charge on any atom is -0.494 e. The van der Waals surface area contributed by atoms with E-state index in [4.69, 9.17) is 9.15 Å². The van der Waals surface area contributed by atoms with Crippen molar-refractivity contribution in [2.45, 2.75) is 12.1 Å². The molecule has 0 aliphatic carbocycles. The highest BCUT2D eigenvalue weighted by Crippen LogP contribution is 2.25. The molecule has 0 bridgehead atoms. The maximum atomic E-state index is 13.8. The molecule has 1 aromatic heterocycles. The zero-order valence-corrected chi connectivity index (χ0v) is 19.5. The summed E-state index contributed by atoms with van der Waals surface area (Å²) < 4.78 is 24.7. The summed E-state index contributed by atoms with van der Waals surface area (Å²) in [6, 6.07) is 19.7. The minimum atomic E-state index is -0.470. The first-order valence-corrected chi connectivity index (χ1v) is 11.7. The van der Waals surface area contributed by atoms with Gasteiger partial charge >= 0.3 is 0 Å². The number of carbonyl (C=O) groups excluding carboxylic acids is 2. The van der Waals surface area contributed by atoms with Gasteiger partial charge in [0.2, 0.25) is 5.91 Å². The maximum Gasteiger partial charge on any atom is 0.277 e. The summed E-state index contributed by atoms with van der Waals surface area (Å²) in [7, 11) is 0. The molecular formula is C25H21FN4O4S. The van der Waals surface area contributed by atoms with Crippen LogP contribution in [-0.2, 0) is 4.79 Å². The molecule has 0 saturated carbocycles. The standard InChI is InChI=1S/C25H21FN4O4S/c1-2-33-19-13-11-18(12-14-19)28-23(32)16-7-9-17(10-8-16)27-22(31)15-35-25-30-29-24(34-25)20-5-3-4-6-21(20)26/h3-14H,2,15H2,1H3,(H,27,31)(H,28,32). The molecule has 4 aromatic rings. The minimum absolute atomic E-state index is 0.0128. The molecule has 178 valence electrons. The monoisotopic (exact) mass is 492 g/mol. The predicted octanol–water partition coefficient (Wildman–Crippen LogP) is 5.26. The molecule has 0 saturated heterocycles. The Bertz CT molecular complexity index is 1310. The van der Waals surface area contributed by atoms with Gasteiger partial charge in [0.25, 0.3) is 17.0 Å². The number of hydrogen-bond acceptors (Lipinski definition) is 7. The molecule has 0 fully saturated rings. The van der Waals surface area contributed by atoms with Crippen LogP contribution in [0.3, 0.4) is 0 Å². The predicted molar refractivity (Wildman–Crippen MR) is 131 cm³/mol. The van der Waals surface area contributed by atoms with Gasteiger partial charge in [-0.1, -0.05) is 23.9 Å². The zero-order valence-electron chi connectivity index (χ0n) is 18.7. The van der Waals surface area contributed by atoms with Crippen LogP contribution in [0.2, 0.25) is 0 Å². The molecule has 4 rings (SSSR count). The molecule has 10 heteroatoms. The summed E-state index contributed by atoms with van der Waals surface area (Å²) in [6.45, 7) is 2.47. The Morgan fingerprint density at radius 3 is 2.34 bits per heavy atom. The van der Waals surface area contributed by atoms with Crippen LogP contribution in [0.25, 0.3) is 11.5 Å². The highest BCUT2D eigenvalue weighted by atomic mass is 32.2. The first-order valence-electron chi connectivity index (χ1n) is 10.7. The number of hydrogen-bond donors (Lipinski definition) is 2.